The van der Waals surface area contributed by atoms with Crippen molar-refractivity contribution in [3.8, 4) is 17.0 Å². The Balaban J connectivity index is 1.80. The summed E-state index contributed by atoms with van der Waals surface area (Å²) in [6, 6.07) is 25.1. The van der Waals surface area contributed by atoms with Crippen molar-refractivity contribution in [2.75, 3.05) is 7.11 Å². The number of hydrogen-bond donors (Lipinski definition) is 1. The van der Waals surface area contributed by atoms with E-state index in [1.165, 1.54) is 11.1 Å². The van der Waals surface area contributed by atoms with Gasteiger partial charge in [0.15, 0.2) is 0 Å². The van der Waals surface area contributed by atoms with Gasteiger partial charge in [0.05, 0.1) is 30.8 Å². The summed E-state index contributed by atoms with van der Waals surface area (Å²) < 4.78 is 7.50. The lowest BCUT2D eigenvalue weighted by Gasteiger charge is -2.31. The molecule has 5 heteroatoms. The third-order valence-electron chi connectivity index (χ3n) is 6.51. The number of rotatable bonds is 5. The predicted molar refractivity (Wildman–Crippen MR) is 137 cm³/mol. The van der Waals surface area contributed by atoms with Crippen molar-refractivity contribution in [3.05, 3.63) is 113 Å². The molecule has 1 unspecified atom stereocenters. The first-order valence-electron chi connectivity index (χ1n) is 11.3. The van der Waals surface area contributed by atoms with Crippen LogP contribution in [-0.2, 0) is 12.6 Å². The molecule has 34 heavy (non-hydrogen) atoms. The van der Waals surface area contributed by atoms with Gasteiger partial charge in [-0.1, -0.05) is 65.7 Å². The molecule has 5 nitrogen and oxygen atoms in total. The molecule has 0 aliphatic heterocycles. The lowest BCUT2D eigenvalue weighted by Crippen LogP contribution is -2.40. The number of pyridine rings is 1. The van der Waals surface area contributed by atoms with E-state index >= 15 is 0 Å². The third kappa shape index (κ3) is 3.64. The molecule has 5 aromatic rings. The Hall–Kier alpha value is -3.96. The second-order valence-electron chi connectivity index (χ2n) is 8.88. The Morgan fingerprint density at radius 2 is 1.65 bits per heavy atom. The topological polar surface area (TPSA) is 66.0 Å². The molecule has 0 bridgehead atoms. The summed E-state index contributed by atoms with van der Waals surface area (Å²) >= 11 is 0. The zero-order valence-electron chi connectivity index (χ0n) is 19.9. The highest BCUT2D eigenvalue weighted by Crippen LogP contribution is 2.38. The molecule has 0 aliphatic rings. The van der Waals surface area contributed by atoms with Gasteiger partial charge < -0.3 is 15.0 Å². The Bertz CT molecular complexity index is 1490. The minimum absolute atomic E-state index is 0.584. The van der Waals surface area contributed by atoms with Crippen LogP contribution in [0.1, 0.15) is 27.9 Å². The van der Waals surface area contributed by atoms with Gasteiger partial charge in [-0.2, -0.15) is 0 Å². The number of nitrogens with two attached hydrogens (primary N) is 1. The number of imidazole rings is 1. The Labute approximate surface area is 199 Å². The number of fused-ring (bicyclic) bond motifs is 1. The van der Waals surface area contributed by atoms with E-state index in [-0.39, 0.29) is 0 Å². The molecular weight excluding hydrogens is 420 g/mol. The van der Waals surface area contributed by atoms with Crippen molar-refractivity contribution in [1.29, 1.82) is 0 Å². The van der Waals surface area contributed by atoms with Gasteiger partial charge in [0, 0.05) is 18.5 Å². The van der Waals surface area contributed by atoms with Crippen molar-refractivity contribution in [2.45, 2.75) is 19.4 Å². The zero-order valence-corrected chi connectivity index (χ0v) is 19.9. The van der Waals surface area contributed by atoms with Gasteiger partial charge in [-0.25, -0.2) is 9.97 Å². The molecule has 2 heterocycles. The van der Waals surface area contributed by atoms with Crippen LogP contribution in [-0.4, -0.2) is 21.6 Å². The third-order valence-corrected chi connectivity index (χ3v) is 6.51. The quantitative estimate of drug-likeness (QED) is 0.385. The van der Waals surface area contributed by atoms with E-state index < -0.39 is 5.54 Å². The molecule has 2 aromatic heterocycles. The van der Waals surface area contributed by atoms with Gasteiger partial charge in [0.1, 0.15) is 5.54 Å². The van der Waals surface area contributed by atoms with Crippen molar-refractivity contribution in [1.82, 2.24) is 14.5 Å². The molecule has 0 aliphatic carbocycles. The fourth-order valence-electron chi connectivity index (χ4n) is 4.62. The van der Waals surface area contributed by atoms with Crippen LogP contribution in [0, 0.1) is 13.8 Å². The van der Waals surface area contributed by atoms with E-state index in [9.17, 15) is 0 Å². The summed E-state index contributed by atoms with van der Waals surface area (Å²) in [5.74, 6) is 0.584. The highest BCUT2D eigenvalue weighted by Gasteiger charge is 2.35. The number of aromatic nitrogens is 3. The number of hydrogen-bond acceptors (Lipinski definition) is 4. The average Bonchev–Trinajstić information content (AvgIpc) is 3.29. The monoisotopic (exact) mass is 448 g/mol. The predicted octanol–water partition coefficient (Wildman–Crippen LogP) is 5.51. The second-order valence-corrected chi connectivity index (χ2v) is 8.88. The molecule has 0 amide bonds. The highest BCUT2D eigenvalue weighted by atomic mass is 16.5. The Morgan fingerprint density at radius 1 is 0.882 bits per heavy atom. The van der Waals surface area contributed by atoms with E-state index in [0.717, 1.165) is 38.9 Å². The fourth-order valence-corrected chi connectivity index (χ4v) is 4.62. The van der Waals surface area contributed by atoms with E-state index in [1.54, 1.807) is 13.4 Å². The first-order chi connectivity index (χ1) is 16.4. The molecule has 170 valence electrons. The molecule has 5 rings (SSSR count). The van der Waals surface area contributed by atoms with Crippen LogP contribution in [0.2, 0.25) is 0 Å². The largest absolute Gasteiger partial charge is 0.481 e. The van der Waals surface area contributed by atoms with Crippen LogP contribution in [0.5, 0.6) is 5.88 Å². The van der Waals surface area contributed by atoms with Crippen LogP contribution in [0.25, 0.3) is 22.0 Å². The fraction of sp³-hybridized carbons (Fsp3) is 0.172. The van der Waals surface area contributed by atoms with Gasteiger partial charge >= 0.3 is 0 Å². The highest BCUT2D eigenvalue weighted by molar-refractivity contribution is 5.96. The first-order valence-corrected chi connectivity index (χ1v) is 11.3. The lowest BCUT2D eigenvalue weighted by molar-refractivity contribution is 0.400. The molecule has 0 radical (unpaired) electrons. The molecule has 0 fully saturated rings. The second kappa shape index (κ2) is 8.43. The van der Waals surface area contributed by atoms with Crippen LogP contribution >= 0.6 is 0 Å². The minimum Gasteiger partial charge on any atom is -0.481 e. The summed E-state index contributed by atoms with van der Waals surface area (Å²) in [6.07, 6.45) is 3.63. The standard InChI is InChI=1S/C29H28N4O/c1-19-8-10-22(11-9-19)29(30,27-17-31-18-33(27)3)23-12-13-26-25(15-23)24(16-28(32-26)34-4)21-7-5-6-20(2)14-21/h5-18H,30H2,1-4H3. The SMILES string of the molecule is COc1cc(-c2cccc(C)c2)c2cc(C(N)(c3ccc(C)cc3)c3cncn3C)ccc2n1. The number of benzene rings is 3. The molecule has 0 saturated heterocycles. The zero-order chi connectivity index (χ0) is 23.9. The van der Waals surface area contributed by atoms with Crippen molar-refractivity contribution in [2.24, 2.45) is 12.8 Å². The Morgan fingerprint density at radius 3 is 2.32 bits per heavy atom. The van der Waals surface area contributed by atoms with Gasteiger partial charge in [-0.05, 0) is 48.2 Å². The van der Waals surface area contributed by atoms with Crippen LogP contribution in [0.15, 0.2) is 85.3 Å². The van der Waals surface area contributed by atoms with E-state index in [1.807, 2.05) is 29.9 Å². The maximum atomic E-state index is 7.31. The minimum atomic E-state index is -0.892. The van der Waals surface area contributed by atoms with Crippen molar-refractivity contribution < 1.29 is 4.74 Å². The maximum Gasteiger partial charge on any atom is 0.214 e. The summed E-state index contributed by atoms with van der Waals surface area (Å²) in [4.78, 5) is 9.08. The lowest BCUT2D eigenvalue weighted by atomic mass is 9.80. The number of methoxy groups -OCH3 is 1. The number of aryl methyl sites for hydroxylation is 3. The smallest absolute Gasteiger partial charge is 0.214 e. The van der Waals surface area contributed by atoms with E-state index in [4.69, 9.17) is 15.5 Å². The Kier molecular flexibility index (Phi) is 5.42. The van der Waals surface area contributed by atoms with Gasteiger partial charge in [0.25, 0.3) is 0 Å². The first kappa shape index (κ1) is 21.9. The maximum absolute atomic E-state index is 7.31. The van der Waals surface area contributed by atoms with Gasteiger partial charge in [-0.15, -0.1) is 0 Å². The summed E-state index contributed by atoms with van der Waals surface area (Å²) in [5, 5.41) is 1.02. The average molecular weight is 449 g/mol. The molecule has 0 saturated carbocycles. The van der Waals surface area contributed by atoms with Crippen LogP contribution in [0.3, 0.4) is 0 Å². The summed E-state index contributed by atoms with van der Waals surface area (Å²) in [6.45, 7) is 4.18. The molecular formula is C29H28N4O. The van der Waals surface area contributed by atoms with Gasteiger partial charge in [-0.3, -0.25) is 0 Å². The summed E-state index contributed by atoms with van der Waals surface area (Å²) in [7, 11) is 3.62. The van der Waals surface area contributed by atoms with Crippen molar-refractivity contribution in [3.63, 3.8) is 0 Å². The van der Waals surface area contributed by atoms with Crippen LogP contribution in [0.4, 0.5) is 0 Å². The normalized spacial score (nSPS) is 13.1. The number of nitrogens with zero attached hydrogens (tertiary/aromatic N) is 3. The molecule has 1 atom stereocenters. The van der Waals surface area contributed by atoms with Crippen LogP contribution < -0.4 is 10.5 Å². The van der Waals surface area contributed by atoms with E-state index in [0.29, 0.717) is 5.88 Å². The number of ether oxygens (including phenoxy) is 1. The van der Waals surface area contributed by atoms with E-state index in [2.05, 4.69) is 79.5 Å². The molecule has 3 aromatic carbocycles. The molecule has 0 spiro atoms. The summed E-state index contributed by atoms with van der Waals surface area (Å²) in [5.41, 5.74) is 14.7. The van der Waals surface area contributed by atoms with Crippen molar-refractivity contribution >= 4 is 10.9 Å². The van der Waals surface area contributed by atoms with Gasteiger partial charge in [0.2, 0.25) is 5.88 Å². The molecule has 2 N–H and O–H groups in total.